The highest BCUT2D eigenvalue weighted by Crippen LogP contribution is 2.48. The van der Waals surface area contributed by atoms with Crippen LogP contribution in [0.25, 0.3) is 0 Å². The van der Waals surface area contributed by atoms with Crippen LogP contribution in [-0.2, 0) is 32.6 Å². The summed E-state index contributed by atoms with van der Waals surface area (Å²) < 4.78 is 44.9. The molecule has 2 N–H and O–H groups in total. The van der Waals surface area contributed by atoms with Crippen LogP contribution in [0.1, 0.15) is 6.92 Å². The van der Waals surface area contributed by atoms with Gasteiger partial charge in [0.25, 0.3) is 0 Å². The van der Waals surface area contributed by atoms with Crippen molar-refractivity contribution in [2.75, 3.05) is 34.1 Å². The molecular weight excluding hydrogens is 354 g/mol. The summed E-state index contributed by atoms with van der Waals surface area (Å²) in [6.07, 6.45) is -4.72. The molecule has 2 rings (SSSR count). The molecule has 0 aliphatic carbocycles. The first-order valence-electron chi connectivity index (χ1n) is 8.05. The second-order valence-corrected chi connectivity index (χ2v) is 8.24. The van der Waals surface area contributed by atoms with E-state index in [2.05, 4.69) is 0 Å². The number of aliphatic hydroxyl groups is 2. The Hall–Kier alpha value is -0.0251. The molecular formula is C14H26BO9P. The Morgan fingerprint density at radius 3 is 2.28 bits per heavy atom. The minimum absolute atomic E-state index is 0.187. The summed E-state index contributed by atoms with van der Waals surface area (Å²) in [5, 5.41) is 19.5. The maximum Gasteiger partial charge on any atom is 0.328 e. The maximum atomic E-state index is 12.7. The fraction of sp³-hybridized carbons (Fsp3) is 1.00. The summed E-state index contributed by atoms with van der Waals surface area (Å²) in [4.78, 5) is 0. The molecule has 0 spiro atoms. The van der Waals surface area contributed by atoms with Gasteiger partial charge in [-0.25, -0.2) is 0 Å². The molecule has 2 heterocycles. The van der Waals surface area contributed by atoms with Gasteiger partial charge in [-0.2, -0.15) is 0 Å². The van der Waals surface area contributed by atoms with Crippen molar-refractivity contribution in [2.45, 2.75) is 55.7 Å². The number of aliphatic hydroxyl groups excluding tert-OH is 2. The molecule has 0 saturated carbocycles. The number of rotatable bonds is 8. The molecule has 9 nitrogen and oxygen atoms in total. The molecule has 9 atom stereocenters. The van der Waals surface area contributed by atoms with E-state index in [1.54, 1.807) is 6.92 Å². The molecule has 2 fully saturated rings. The zero-order chi connectivity index (χ0) is 18.8. The first kappa shape index (κ1) is 21.3. The summed E-state index contributed by atoms with van der Waals surface area (Å²) >= 11 is 0. The summed E-state index contributed by atoms with van der Waals surface area (Å²) in [6.45, 7) is 2.58. The van der Waals surface area contributed by atoms with Gasteiger partial charge >= 0.3 is 7.60 Å². The first-order chi connectivity index (χ1) is 11.7. The van der Waals surface area contributed by atoms with Gasteiger partial charge < -0.3 is 33.7 Å². The third kappa shape index (κ3) is 4.83. The van der Waals surface area contributed by atoms with E-state index in [1.165, 1.54) is 20.9 Å². The van der Waals surface area contributed by atoms with E-state index < -0.39 is 50.2 Å². The van der Waals surface area contributed by atoms with Crippen LogP contribution in [-0.4, -0.2) is 101 Å². The smallest absolute Gasteiger partial charge is 0.328 e. The van der Waals surface area contributed by atoms with E-state index in [1.807, 2.05) is 0 Å². The predicted octanol–water partition coefficient (Wildman–Crippen LogP) is -0.725. The molecule has 2 aliphatic rings. The first-order valence-corrected chi connectivity index (χ1v) is 10.0. The minimum Gasteiger partial charge on any atom is -0.394 e. The Balaban J connectivity index is 1.94. The van der Waals surface area contributed by atoms with Crippen LogP contribution < -0.4 is 0 Å². The van der Waals surface area contributed by atoms with Crippen molar-refractivity contribution in [3.8, 4) is 0 Å². The van der Waals surface area contributed by atoms with Crippen LogP contribution in [0.5, 0.6) is 0 Å². The van der Waals surface area contributed by atoms with Crippen LogP contribution >= 0.6 is 7.60 Å². The summed E-state index contributed by atoms with van der Waals surface area (Å²) in [7, 11) is 5.06. The highest BCUT2D eigenvalue weighted by molar-refractivity contribution is 7.53. The average Bonchev–Trinajstić information content (AvgIpc) is 3.00. The van der Waals surface area contributed by atoms with E-state index in [9.17, 15) is 14.8 Å². The van der Waals surface area contributed by atoms with Crippen molar-refractivity contribution in [1.29, 1.82) is 0 Å². The van der Waals surface area contributed by atoms with E-state index in [0.717, 1.165) is 0 Å². The molecule has 2 aliphatic heterocycles. The van der Waals surface area contributed by atoms with Gasteiger partial charge in [0.2, 0.25) is 0 Å². The van der Waals surface area contributed by atoms with Crippen molar-refractivity contribution in [3.05, 3.63) is 0 Å². The lowest BCUT2D eigenvalue weighted by Crippen LogP contribution is -2.38. The van der Waals surface area contributed by atoms with Gasteiger partial charge in [-0.3, -0.25) is 9.09 Å². The largest absolute Gasteiger partial charge is 0.394 e. The predicted molar refractivity (Wildman–Crippen MR) is 87.8 cm³/mol. The summed E-state index contributed by atoms with van der Waals surface area (Å²) in [5.41, 5.74) is 0. The zero-order valence-electron chi connectivity index (χ0n) is 14.8. The SMILES string of the molecule is [B][C@@H]1O[C@H](COP(C)(=O)OC2C(OC)[C@H](C)O[C@@H]2CO)C(O)C1OC. The van der Waals surface area contributed by atoms with Crippen LogP contribution in [0, 0.1) is 0 Å². The Kier molecular flexibility index (Phi) is 7.47. The second-order valence-electron chi connectivity index (χ2n) is 6.23. The molecule has 0 bridgehead atoms. The second kappa shape index (κ2) is 8.78. The van der Waals surface area contributed by atoms with Gasteiger partial charge in [-0.05, 0) is 6.92 Å². The molecule has 25 heavy (non-hydrogen) atoms. The van der Waals surface area contributed by atoms with E-state index in [0.29, 0.717) is 0 Å². The van der Waals surface area contributed by atoms with Crippen LogP contribution in [0.2, 0.25) is 0 Å². The van der Waals surface area contributed by atoms with Crippen molar-refractivity contribution < 1.29 is 42.8 Å². The van der Waals surface area contributed by atoms with Gasteiger partial charge in [0, 0.05) is 26.9 Å². The van der Waals surface area contributed by atoms with Gasteiger partial charge in [-0.1, -0.05) is 0 Å². The molecule has 11 heteroatoms. The highest BCUT2D eigenvalue weighted by atomic mass is 31.2. The Morgan fingerprint density at radius 2 is 1.76 bits per heavy atom. The molecule has 144 valence electrons. The van der Waals surface area contributed by atoms with Gasteiger partial charge in [0.1, 0.15) is 44.5 Å². The topological polar surface area (TPSA) is 113 Å². The number of methoxy groups -OCH3 is 2. The summed E-state index contributed by atoms with van der Waals surface area (Å²) in [6, 6.07) is -0.800. The van der Waals surface area contributed by atoms with Crippen molar-refractivity contribution >= 4 is 15.4 Å². The van der Waals surface area contributed by atoms with E-state index in [-0.39, 0.29) is 19.3 Å². The Labute approximate surface area is 148 Å². The van der Waals surface area contributed by atoms with Gasteiger partial charge in [0.15, 0.2) is 0 Å². The monoisotopic (exact) mass is 380 g/mol. The van der Waals surface area contributed by atoms with Crippen molar-refractivity contribution in [3.63, 3.8) is 0 Å². The third-order valence-corrected chi connectivity index (χ3v) is 5.67. The van der Waals surface area contributed by atoms with E-state index in [4.69, 9.17) is 35.8 Å². The lowest BCUT2D eigenvalue weighted by molar-refractivity contribution is -0.0268. The molecule has 0 aromatic rings. The fourth-order valence-corrected chi connectivity index (χ4v) is 4.32. The lowest BCUT2D eigenvalue weighted by Gasteiger charge is -2.26. The fourth-order valence-electron chi connectivity index (χ4n) is 3.15. The normalized spacial score (nSPS) is 44.1. The van der Waals surface area contributed by atoms with Gasteiger partial charge in [0.05, 0.1) is 19.3 Å². The van der Waals surface area contributed by atoms with E-state index >= 15 is 0 Å². The zero-order valence-corrected chi connectivity index (χ0v) is 15.7. The van der Waals surface area contributed by atoms with Crippen molar-refractivity contribution in [2.24, 2.45) is 0 Å². The van der Waals surface area contributed by atoms with Crippen molar-refractivity contribution in [1.82, 2.24) is 0 Å². The number of ether oxygens (including phenoxy) is 4. The summed E-state index contributed by atoms with van der Waals surface area (Å²) in [5.74, 6) is 0. The van der Waals surface area contributed by atoms with Crippen LogP contribution in [0.4, 0.5) is 0 Å². The molecule has 2 saturated heterocycles. The van der Waals surface area contributed by atoms with Crippen LogP contribution in [0.3, 0.4) is 0 Å². The molecule has 0 amide bonds. The number of hydrogen-bond acceptors (Lipinski definition) is 9. The highest BCUT2D eigenvalue weighted by Gasteiger charge is 2.47. The molecule has 5 unspecified atom stereocenters. The third-order valence-electron chi connectivity index (χ3n) is 4.43. The molecule has 0 aromatic carbocycles. The standard InChI is InChI=1S/C14H26BO9P/c1-7-11(19-2)12(8(5-16)22-7)24-25(4,18)21-6-9-10(17)13(20-3)14(15)23-9/h7-14,16-17H,5-6H2,1-4H3/t7-,8+,9+,10?,11?,12?,13?,14+,25?/m0/s1. The van der Waals surface area contributed by atoms with Gasteiger partial charge in [-0.15, -0.1) is 0 Å². The molecule has 2 radical (unpaired) electrons. The minimum atomic E-state index is -3.54. The number of hydrogen-bond donors (Lipinski definition) is 2. The Bertz CT molecular complexity index is 481. The maximum absolute atomic E-state index is 12.7. The van der Waals surface area contributed by atoms with Crippen LogP contribution in [0.15, 0.2) is 0 Å². The lowest BCUT2D eigenvalue weighted by atomic mass is 9.93. The average molecular weight is 380 g/mol. The Morgan fingerprint density at radius 1 is 1.12 bits per heavy atom. The molecule has 0 aromatic heterocycles. The quantitative estimate of drug-likeness (QED) is 0.416.